The molecule has 1 amide bonds. The van der Waals surface area contributed by atoms with Crippen LogP contribution in [0.2, 0.25) is 5.28 Å². The summed E-state index contributed by atoms with van der Waals surface area (Å²) in [6.45, 7) is 0.613. The van der Waals surface area contributed by atoms with Crippen LogP contribution < -0.4 is 11.1 Å². The van der Waals surface area contributed by atoms with E-state index in [1.165, 1.54) is 6.33 Å². The smallest absolute Gasteiger partial charge is 0.226 e. The van der Waals surface area contributed by atoms with E-state index in [0.717, 1.165) is 9.13 Å². The number of nitrogens with one attached hydrogen (secondary N) is 1. The van der Waals surface area contributed by atoms with E-state index in [2.05, 4.69) is 48.9 Å². The van der Waals surface area contributed by atoms with Crippen molar-refractivity contribution in [3.63, 3.8) is 0 Å². The summed E-state index contributed by atoms with van der Waals surface area (Å²) in [6, 6.07) is 8.07. The van der Waals surface area contributed by atoms with Crippen molar-refractivity contribution in [1.29, 1.82) is 0 Å². The number of carbonyl (C=O) groups excluding carboxylic acids is 1. The molecule has 1 aromatic carbocycles. The van der Waals surface area contributed by atoms with Crippen molar-refractivity contribution in [2.45, 2.75) is 37.0 Å². The van der Waals surface area contributed by atoms with Crippen LogP contribution in [0.4, 0.5) is 5.82 Å². The molecule has 3 aromatic rings. The van der Waals surface area contributed by atoms with Crippen molar-refractivity contribution < 1.29 is 19.4 Å². The van der Waals surface area contributed by atoms with Crippen molar-refractivity contribution in [2.75, 3.05) is 11.9 Å². The van der Waals surface area contributed by atoms with E-state index in [1.807, 2.05) is 18.2 Å². The molecule has 2 aromatic heterocycles. The molecular weight excluding hydrogens is 539 g/mol. The first-order chi connectivity index (χ1) is 14.9. The number of benzene rings is 1. The van der Waals surface area contributed by atoms with Gasteiger partial charge in [-0.1, -0.05) is 12.1 Å². The van der Waals surface area contributed by atoms with Crippen LogP contribution in [0.1, 0.15) is 18.2 Å². The lowest BCUT2D eigenvalue weighted by Crippen LogP contribution is -2.44. The van der Waals surface area contributed by atoms with Crippen LogP contribution in [0.25, 0.3) is 11.2 Å². The number of anilines is 1. The van der Waals surface area contributed by atoms with Crippen LogP contribution >= 0.6 is 34.2 Å². The van der Waals surface area contributed by atoms with E-state index in [9.17, 15) is 9.90 Å². The largest absolute Gasteiger partial charge is 0.387 e. The van der Waals surface area contributed by atoms with E-state index in [-0.39, 0.29) is 18.3 Å². The molecule has 0 spiro atoms. The zero-order chi connectivity index (χ0) is 21.8. The summed E-state index contributed by atoms with van der Waals surface area (Å²) in [7, 11) is 0. The third-order valence-corrected chi connectivity index (χ3v) is 6.34. The van der Waals surface area contributed by atoms with Crippen LogP contribution in [0.15, 0.2) is 30.6 Å². The average Bonchev–Trinajstić information content (AvgIpc) is 3.34. The molecule has 10 nitrogen and oxygen atoms in total. The number of aromatic nitrogens is 4. The number of rotatable bonds is 6. The fourth-order valence-corrected chi connectivity index (χ4v) is 4.87. The fourth-order valence-electron chi connectivity index (χ4n) is 4.10. The molecule has 4 N–H and O–H groups in total. The molecule has 2 fully saturated rings. The number of ether oxygens (including phenoxy) is 2. The predicted molar refractivity (Wildman–Crippen MR) is 119 cm³/mol. The second-order valence-corrected chi connectivity index (χ2v) is 9.17. The molecule has 0 radical (unpaired) electrons. The molecule has 2 saturated heterocycles. The normalized spacial score (nSPS) is 27.1. The number of halogens is 2. The Morgan fingerprint density at radius 3 is 3.06 bits per heavy atom. The molecule has 4 heterocycles. The number of nitrogens with zero attached hydrogens (tertiary/aromatic N) is 4. The maximum absolute atomic E-state index is 11.5. The molecule has 2 aliphatic heterocycles. The van der Waals surface area contributed by atoms with E-state index in [4.69, 9.17) is 26.8 Å². The molecular formula is C19H18ClIN6O4. The molecule has 31 heavy (non-hydrogen) atoms. The van der Waals surface area contributed by atoms with Gasteiger partial charge in [0.2, 0.25) is 11.2 Å². The maximum Gasteiger partial charge on any atom is 0.226 e. The van der Waals surface area contributed by atoms with Gasteiger partial charge in [0.05, 0.1) is 19.4 Å². The van der Waals surface area contributed by atoms with Gasteiger partial charge in [-0.25, -0.2) is 4.98 Å². The minimum atomic E-state index is -1.18. The molecule has 4 atom stereocenters. The fraction of sp³-hybridized carbons (Fsp3) is 0.368. The van der Waals surface area contributed by atoms with Gasteiger partial charge in [-0.3, -0.25) is 9.36 Å². The quantitative estimate of drug-likeness (QED) is 0.308. The standard InChI is InChI=1S/C19H18ClIN6O4/c20-18-25-15(23-6-9-2-1-3-10(21)4-9)12-16(26-18)27(8-24-12)17-13-14(29)19(31-17,7-30-13)5-11(22)28/h1-4,8,13-14,17,29H,5-7H2,(H2,22,28)(H,23,25,26)/t13-,14+,17-,19+/m1/s1. The van der Waals surface area contributed by atoms with Crippen LogP contribution in [-0.4, -0.2) is 54.9 Å². The average molecular weight is 557 g/mol. The van der Waals surface area contributed by atoms with Gasteiger partial charge in [0, 0.05) is 10.1 Å². The Morgan fingerprint density at radius 2 is 2.29 bits per heavy atom. The van der Waals surface area contributed by atoms with Gasteiger partial charge < -0.3 is 25.6 Å². The monoisotopic (exact) mass is 556 g/mol. The van der Waals surface area contributed by atoms with Crippen LogP contribution in [0.3, 0.4) is 0 Å². The topological polar surface area (TPSA) is 137 Å². The van der Waals surface area contributed by atoms with Gasteiger partial charge in [-0.15, -0.1) is 0 Å². The van der Waals surface area contributed by atoms with Gasteiger partial charge in [0.1, 0.15) is 17.8 Å². The number of nitrogens with two attached hydrogens (primary N) is 1. The highest BCUT2D eigenvalue weighted by Gasteiger charge is 2.62. The van der Waals surface area contributed by atoms with E-state index in [0.29, 0.717) is 23.5 Å². The Hall–Kier alpha value is -2.06. The van der Waals surface area contributed by atoms with Gasteiger partial charge in [0.15, 0.2) is 23.2 Å². The van der Waals surface area contributed by atoms with E-state index in [1.54, 1.807) is 4.57 Å². The van der Waals surface area contributed by atoms with Crippen LogP contribution in [0.5, 0.6) is 0 Å². The summed E-state index contributed by atoms with van der Waals surface area (Å²) in [5.74, 6) is -0.101. The third kappa shape index (κ3) is 3.63. The van der Waals surface area contributed by atoms with Gasteiger partial charge >= 0.3 is 0 Å². The summed E-state index contributed by atoms with van der Waals surface area (Å²) >= 11 is 8.44. The summed E-state index contributed by atoms with van der Waals surface area (Å²) < 4.78 is 14.5. The predicted octanol–water partition coefficient (Wildman–Crippen LogP) is 1.60. The molecule has 2 aliphatic rings. The minimum absolute atomic E-state index is 0.0378. The third-order valence-electron chi connectivity index (χ3n) is 5.50. The molecule has 0 saturated carbocycles. The van der Waals surface area contributed by atoms with Gasteiger partial charge in [-0.05, 0) is 51.9 Å². The molecule has 162 valence electrons. The number of aliphatic hydroxyl groups excluding tert-OH is 1. The van der Waals surface area contributed by atoms with Gasteiger partial charge in [0.25, 0.3) is 0 Å². The van der Waals surface area contributed by atoms with E-state index < -0.39 is 29.9 Å². The summed E-state index contributed by atoms with van der Waals surface area (Å²) in [5, 5.41) is 13.9. The van der Waals surface area contributed by atoms with Crippen LogP contribution in [-0.2, 0) is 20.8 Å². The Kier molecular flexibility index (Phi) is 5.25. The highest BCUT2D eigenvalue weighted by molar-refractivity contribution is 14.1. The lowest BCUT2D eigenvalue weighted by atomic mass is 9.95. The van der Waals surface area contributed by atoms with Crippen molar-refractivity contribution in [3.8, 4) is 0 Å². The molecule has 5 rings (SSSR count). The molecule has 0 unspecified atom stereocenters. The Morgan fingerprint density at radius 1 is 1.45 bits per heavy atom. The number of hydrogen-bond donors (Lipinski definition) is 3. The summed E-state index contributed by atoms with van der Waals surface area (Å²) in [4.78, 5) is 24.5. The Balaban J connectivity index is 1.46. The first-order valence-corrected chi connectivity index (χ1v) is 11.0. The number of fused-ring (bicyclic) bond motifs is 3. The lowest BCUT2D eigenvalue weighted by Gasteiger charge is -2.30. The Labute approximate surface area is 195 Å². The highest BCUT2D eigenvalue weighted by Crippen LogP contribution is 2.47. The zero-order valence-corrected chi connectivity index (χ0v) is 18.9. The number of aliphatic hydroxyl groups is 1. The van der Waals surface area contributed by atoms with Gasteiger partial charge in [-0.2, -0.15) is 9.97 Å². The number of amides is 1. The lowest BCUT2D eigenvalue weighted by molar-refractivity contribution is -0.177. The highest BCUT2D eigenvalue weighted by atomic mass is 127. The second-order valence-electron chi connectivity index (χ2n) is 7.59. The molecule has 2 bridgehead atoms. The second kappa shape index (κ2) is 7.81. The first kappa shape index (κ1) is 20.8. The van der Waals surface area contributed by atoms with Crippen molar-refractivity contribution in [3.05, 3.63) is 45.0 Å². The van der Waals surface area contributed by atoms with E-state index >= 15 is 0 Å². The van der Waals surface area contributed by atoms with Crippen molar-refractivity contribution >= 4 is 57.1 Å². The van der Waals surface area contributed by atoms with Crippen molar-refractivity contribution in [2.24, 2.45) is 5.73 Å². The number of carbonyl (C=O) groups is 1. The number of imidazole rings is 1. The zero-order valence-electron chi connectivity index (χ0n) is 16.0. The van der Waals surface area contributed by atoms with Crippen molar-refractivity contribution in [1.82, 2.24) is 19.5 Å². The molecule has 0 aliphatic carbocycles. The van der Waals surface area contributed by atoms with Crippen LogP contribution in [0, 0.1) is 3.57 Å². The summed E-state index contributed by atoms with van der Waals surface area (Å²) in [5.41, 5.74) is 6.17. The molecule has 12 heteroatoms. The maximum atomic E-state index is 11.5. The number of primary amides is 1. The SMILES string of the molecule is NC(=O)C[C@@]12CO[C@@H]([C@H](n3cnc4c(NCc5cccc(I)c5)nc(Cl)nc43)O1)[C@@H]2O. The summed E-state index contributed by atoms with van der Waals surface area (Å²) in [6.07, 6.45) is -1.04. The first-order valence-electron chi connectivity index (χ1n) is 9.50. The Bertz CT molecular complexity index is 1180. The minimum Gasteiger partial charge on any atom is -0.387 e. The number of hydrogen-bond acceptors (Lipinski definition) is 8.